The van der Waals surface area contributed by atoms with E-state index in [1.54, 1.807) is 13.3 Å². The van der Waals surface area contributed by atoms with Gasteiger partial charge in [0.1, 0.15) is 6.26 Å². The average Bonchev–Trinajstić information content (AvgIpc) is 3.23. The minimum atomic E-state index is 0.354. The Labute approximate surface area is 172 Å². The molecule has 0 aliphatic rings. The summed E-state index contributed by atoms with van der Waals surface area (Å²) in [5.74, 6) is 1.37. The molecular weight excluding hydrogens is 362 g/mol. The molecule has 152 valence electrons. The third kappa shape index (κ3) is 6.19. The van der Waals surface area contributed by atoms with Gasteiger partial charge in [-0.25, -0.2) is 4.98 Å². The number of guanidine groups is 1. The predicted octanol–water partition coefficient (Wildman–Crippen LogP) is 3.18. The third-order valence-electron chi connectivity index (χ3n) is 4.78. The van der Waals surface area contributed by atoms with Crippen LogP contribution in [-0.2, 0) is 13.0 Å². The molecule has 1 aromatic heterocycles. The van der Waals surface area contributed by atoms with Crippen LogP contribution in [0.15, 0.2) is 76.3 Å². The van der Waals surface area contributed by atoms with Crippen molar-refractivity contribution in [2.75, 3.05) is 27.7 Å². The normalized spacial score (nSPS) is 12.8. The van der Waals surface area contributed by atoms with Crippen LogP contribution >= 0.6 is 0 Å². The lowest BCUT2D eigenvalue weighted by Gasteiger charge is -2.25. The van der Waals surface area contributed by atoms with E-state index < -0.39 is 0 Å². The number of benzene rings is 2. The minimum Gasteiger partial charge on any atom is -0.444 e. The summed E-state index contributed by atoms with van der Waals surface area (Å²) in [4.78, 5) is 11.1. The second-order valence-corrected chi connectivity index (χ2v) is 7.12. The quantitative estimate of drug-likeness (QED) is 0.456. The molecule has 6 heteroatoms. The molecule has 0 spiro atoms. The summed E-state index contributed by atoms with van der Waals surface area (Å²) in [7, 11) is 5.98. The molecule has 6 nitrogen and oxygen atoms in total. The Morgan fingerprint density at radius 2 is 1.72 bits per heavy atom. The lowest BCUT2D eigenvalue weighted by atomic mass is 10.1. The van der Waals surface area contributed by atoms with Crippen molar-refractivity contribution in [1.29, 1.82) is 0 Å². The molecule has 29 heavy (non-hydrogen) atoms. The van der Waals surface area contributed by atoms with Crippen LogP contribution < -0.4 is 10.6 Å². The van der Waals surface area contributed by atoms with Crippen molar-refractivity contribution < 1.29 is 4.42 Å². The Balaban J connectivity index is 1.52. The highest BCUT2D eigenvalue weighted by atomic mass is 16.3. The summed E-state index contributed by atoms with van der Waals surface area (Å²) < 4.78 is 5.59. The van der Waals surface area contributed by atoms with Crippen LogP contribution in [0.5, 0.6) is 0 Å². The molecule has 3 aromatic rings. The standard InChI is InChI=1S/C23H29N5O/c1-24-23(26-16-21(28(2)3)14-18-10-6-4-7-11-18)25-15-20-17-29-22(27-20)19-12-8-5-9-13-19/h4-13,17,21H,14-16H2,1-3H3,(H2,24,25,26). The van der Waals surface area contributed by atoms with Crippen LogP contribution in [0.2, 0.25) is 0 Å². The maximum atomic E-state index is 5.59. The molecule has 0 aliphatic carbocycles. The first kappa shape index (κ1) is 20.6. The van der Waals surface area contributed by atoms with Gasteiger partial charge in [-0.15, -0.1) is 0 Å². The summed E-state index contributed by atoms with van der Waals surface area (Å²) in [5, 5.41) is 6.73. The van der Waals surface area contributed by atoms with Gasteiger partial charge in [0, 0.05) is 25.2 Å². The fraction of sp³-hybridized carbons (Fsp3) is 0.304. The largest absolute Gasteiger partial charge is 0.444 e. The van der Waals surface area contributed by atoms with Crippen LogP contribution in [-0.4, -0.2) is 49.6 Å². The van der Waals surface area contributed by atoms with Gasteiger partial charge < -0.3 is 20.0 Å². The first-order chi connectivity index (χ1) is 14.2. The predicted molar refractivity (Wildman–Crippen MR) is 118 cm³/mol. The number of hydrogen-bond acceptors (Lipinski definition) is 4. The second-order valence-electron chi connectivity index (χ2n) is 7.12. The van der Waals surface area contributed by atoms with Gasteiger partial charge in [0.05, 0.1) is 12.2 Å². The summed E-state index contributed by atoms with van der Waals surface area (Å²) >= 11 is 0. The van der Waals surface area contributed by atoms with Gasteiger partial charge in [-0.05, 0) is 38.2 Å². The molecule has 0 bridgehead atoms. The maximum Gasteiger partial charge on any atom is 0.226 e. The molecule has 2 N–H and O–H groups in total. The van der Waals surface area contributed by atoms with Gasteiger partial charge in [-0.2, -0.15) is 0 Å². The third-order valence-corrected chi connectivity index (χ3v) is 4.78. The van der Waals surface area contributed by atoms with E-state index in [0.717, 1.165) is 30.2 Å². The summed E-state index contributed by atoms with van der Waals surface area (Å²) in [6, 6.07) is 20.8. The van der Waals surface area contributed by atoms with E-state index in [0.29, 0.717) is 18.5 Å². The van der Waals surface area contributed by atoms with Crippen molar-refractivity contribution in [3.05, 3.63) is 78.2 Å². The molecular formula is C23H29N5O. The van der Waals surface area contributed by atoms with E-state index in [1.165, 1.54) is 5.56 Å². The Kier molecular flexibility index (Phi) is 7.41. The van der Waals surface area contributed by atoms with E-state index in [1.807, 2.05) is 36.4 Å². The summed E-state index contributed by atoms with van der Waals surface area (Å²) in [6.07, 6.45) is 2.65. The van der Waals surface area contributed by atoms with Crippen LogP contribution in [0.1, 0.15) is 11.3 Å². The molecule has 0 amide bonds. The lowest BCUT2D eigenvalue weighted by molar-refractivity contribution is 0.290. The van der Waals surface area contributed by atoms with Crippen LogP contribution in [0.25, 0.3) is 11.5 Å². The summed E-state index contributed by atoms with van der Waals surface area (Å²) in [6.45, 7) is 1.33. The number of hydrogen-bond donors (Lipinski definition) is 2. The Morgan fingerprint density at radius 3 is 2.38 bits per heavy atom. The van der Waals surface area contributed by atoms with E-state index >= 15 is 0 Å². The molecule has 0 fully saturated rings. The minimum absolute atomic E-state index is 0.354. The van der Waals surface area contributed by atoms with Crippen LogP contribution in [0.3, 0.4) is 0 Å². The van der Waals surface area contributed by atoms with Crippen molar-refractivity contribution in [2.45, 2.75) is 19.0 Å². The molecule has 2 aromatic carbocycles. The average molecular weight is 392 g/mol. The lowest BCUT2D eigenvalue weighted by Crippen LogP contribution is -2.45. The number of nitrogens with zero attached hydrogens (tertiary/aromatic N) is 3. The van der Waals surface area contributed by atoms with Crippen LogP contribution in [0.4, 0.5) is 0 Å². The highest BCUT2D eigenvalue weighted by molar-refractivity contribution is 5.79. The molecule has 1 unspecified atom stereocenters. The summed E-state index contributed by atoms with van der Waals surface area (Å²) in [5.41, 5.74) is 3.13. The molecule has 0 saturated carbocycles. The van der Waals surface area contributed by atoms with E-state index in [9.17, 15) is 0 Å². The van der Waals surface area contributed by atoms with Gasteiger partial charge in [0.25, 0.3) is 0 Å². The molecule has 0 saturated heterocycles. The molecule has 0 aliphatic heterocycles. The van der Waals surface area contributed by atoms with Crippen molar-refractivity contribution in [2.24, 2.45) is 4.99 Å². The number of aliphatic imine (C=N–C) groups is 1. The number of likely N-dealkylation sites (N-methyl/N-ethyl adjacent to an activating group) is 1. The monoisotopic (exact) mass is 391 g/mol. The van der Waals surface area contributed by atoms with Gasteiger partial charge >= 0.3 is 0 Å². The van der Waals surface area contributed by atoms with Gasteiger partial charge in [0.15, 0.2) is 5.96 Å². The molecule has 1 atom stereocenters. The first-order valence-corrected chi connectivity index (χ1v) is 9.80. The number of nitrogens with one attached hydrogen (secondary N) is 2. The smallest absolute Gasteiger partial charge is 0.226 e. The molecule has 1 heterocycles. The van der Waals surface area contributed by atoms with Crippen molar-refractivity contribution in [3.8, 4) is 11.5 Å². The fourth-order valence-electron chi connectivity index (χ4n) is 3.03. The van der Waals surface area contributed by atoms with E-state index in [4.69, 9.17) is 4.42 Å². The topological polar surface area (TPSA) is 65.7 Å². The second kappa shape index (κ2) is 10.4. The number of oxazole rings is 1. The van der Waals surface area contributed by atoms with Crippen LogP contribution in [0, 0.1) is 0 Å². The van der Waals surface area contributed by atoms with E-state index in [-0.39, 0.29) is 0 Å². The maximum absolute atomic E-state index is 5.59. The Morgan fingerprint density at radius 1 is 1.03 bits per heavy atom. The molecule has 3 rings (SSSR count). The zero-order chi connectivity index (χ0) is 20.5. The zero-order valence-electron chi connectivity index (χ0n) is 17.3. The van der Waals surface area contributed by atoms with Gasteiger partial charge in [-0.3, -0.25) is 4.99 Å². The highest BCUT2D eigenvalue weighted by Gasteiger charge is 2.13. The zero-order valence-corrected chi connectivity index (χ0v) is 17.3. The Hall–Kier alpha value is -3.12. The fourth-order valence-corrected chi connectivity index (χ4v) is 3.03. The van der Waals surface area contributed by atoms with Crippen molar-refractivity contribution in [3.63, 3.8) is 0 Å². The van der Waals surface area contributed by atoms with Crippen molar-refractivity contribution in [1.82, 2.24) is 20.5 Å². The number of aromatic nitrogens is 1. The molecule has 0 radical (unpaired) electrons. The highest BCUT2D eigenvalue weighted by Crippen LogP contribution is 2.17. The van der Waals surface area contributed by atoms with Gasteiger partial charge in [-0.1, -0.05) is 48.5 Å². The van der Waals surface area contributed by atoms with Crippen molar-refractivity contribution >= 4 is 5.96 Å². The van der Waals surface area contributed by atoms with Gasteiger partial charge in [0.2, 0.25) is 5.89 Å². The Bertz CT molecular complexity index is 890. The van der Waals surface area contributed by atoms with E-state index in [2.05, 4.69) is 63.9 Å². The first-order valence-electron chi connectivity index (χ1n) is 9.80. The SMILES string of the molecule is CN=C(NCc1coc(-c2ccccc2)n1)NCC(Cc1ccccc1)N(C)C. The number of rotatable bonds is 8.